The van der Waals surface area contributed by atoms with E-state index >= 15 is 0 Å². The molecule has 1 N–H and O–H groups in total. The topological polar surface area (TPSA) is 38.3 Å². The summed E-state index contributed by atoms with van der Waals surface area (Å²) in [5.41, 5.74) is 2.07. The molecule has 0 fully saturated rings. The van der Waals surface area contributed by atoms with Crippen LogP contribution in [0.1, 0.15) is 44.2 Å². The van der Waals surface area contributed by atoms with E-state index in [2.05, 4.69) is 56.5 Å². The molecule has 3 nitrogen and oxygen atoms in total. The van der Waals surface area contributed by atoms with E-state index in [9.17, 15) is 4.79 Å². The van der Waals surface area contributed by atoms with Gasteiger partial charge in [0.25, 0.3) is 0 Å². The molecule has 0 aliphatic carbocycles. The van der Waals surface area contributed by atoms with Crippen LogP contribution in [0.2, 0.25) is 19.8 Å². The number of halogens is 1. The summed E-state index contributed by atoms with van der Waals surface area (Å²) in [6, 6.07) is 17.2. The summed E-state index contributed by atoms with van der Waals surface area (Å²) >= 11 is 3.98. The van der Waals surface area contributed by atoms with E-state index in [4.69, 9.17) is 16.3 Å². The maximum absolute atomic E-state index is 12.0. The Morgan fingerprint density at radius 1 is 1.03 bits per heavy atom. The third-order valence-electron chi connectivity index (χ3n) is 4.80. The second-order valence-electron chi connectivity index (χ2n) is 9.62. The van der Waals surface area contributed by atoms with Gasteiger partial charge < -0.3 is 0 Å². The molecule has 1 atom stereocenters. The molecule has 0 aliphatic rings. The van der Waals surface area contributed by atoms with E-state index in [0.717, 1.165) is 17.9 Å². The summed E-state index contributed by atoms with van der Waals surface area (Å²) < 4.78 is 6.88. The summed E-state index contributed by atoms with van der Waals surface area (Å²) in [4.78, 5) is 19.3. The molecule has 158 valence electrons. The number of carbonyl (C=O) groups is 1. The zero-order valence-electron chi connectivity index (χ0n) is 18.5. The van der Waals surface area contributed by atoms with Gasteiger partial charge in [0.15, 0.2) is 0 Å². The van der Waals surface area contributed by atoms with Crippen LogP contribution in [0.15, 0.2) is 48.5 Å². The number of amides is 1. The predicted octanol–water partition coefficient (Wildman–Crippen LogP) is 6.13. The molecule has 1 unspecified atom stereocenters. The van der Waals surface area contributed by atoms with Crippen molar-refractivity contribution in [3.8, 4) is 0 Å². The molecule has 0 heterocycles. The number of ether oxygens (including phenoxy) is 1. The standard InChI is InChI=1S/C21H25ClNO2.3CH3.Sn/c1-21(2,3)25-20(24)23-14-13-18(17-7-5-4-6-8-17)15-16-9-11-19(22)12-10-16;;;;/h5-12,18H,13-15H2,1-3H3,(H,23,24);3*1H3;. The Morgan fingerprint density at radius 2 is 1.62 bits per heavy atom. The molecule has 2 aromatic rings. The first-order valence-electron chi connectivity index (χ1n) is 10.3. The van der Waals surface area contributed by atoms with Crippen LogP contribution < -0.4 is 8.90 Å². The van der Waals surface area contributed by atoms with E-state index in [-0.39, 0.29) is 6.09 Å². The van der Waals surface area contributed by atoms with Gasteiger partial charge >= 0.3 is 186 Å². The van der Waals surface area contributed by atoms with Crippen LogP contribution in [-0.2, 0) is 11.2 Å². The molecule has 0 aromatic heterocycles. The van der Waals surface area contributed by atoms with Crippen LogP contribution in [0.3, 0.4) is 0 Å². The molecule has 5 heteroatoms. The van der Waals surface area contributed by atoms with Crippen molar-refractivity contribution in [3.63, 3.8) is 0 Å². The fourth-order valence-electron chi connectivity index (χ4n) is 3.21. The molecule has 29 heavy (non-hydrogen) atoms. The average Bonchev–Trinajstić information content (AvgIpc) is 2.60. The number of alkyl carbamates (subject to hydrolysis) is 1. The van der Waals surface area contributed by atoms with Crippen molar-refractivity contribution in [2.45, 2.75) is 60.0 Å². The normalized spacial score (nSPS) is 13.1. The fourth-order valence-corrected chi connectivity index (χ4v) is 6.67. The second kappa shape index (κ2) is 10.2. The number of carbonyl (C=O) groups excluding carboxylic acids is 1. The van der Waals surface area contributed by atoms with Gasteiger partial charge in [0.1, 0.15) is 0 Å². The van der Waals surface area contributed by atoms with E-state index in [1.54, 1.807) is 0 Å². The van der Waals surface area contributed by atoms with E-state index < -0.39 is 24.0 Å². The molecule has 0 saturated carbocycles. The van der Waals surface area contributed by atoms with Crippen molar-refractivity contribution in [2.24, 2.45) is 0 Å². The fraction of sp³-hybridized carbons (Fsp3) is 0.458. The van der Waals surface area contributed by atoms with Crippen LogP contribution >= 0.6 is 11.6 Å². The van der Waals surface area contributed by atoms with Gasteiger partial charge in [0.2, 0.25) is 0 Å². The molecule has 0 saturated heterocycles. The van der Waals surface area contributed by atoms with Gasteiger partial charge in [0.05, 0.1) is 0 Å². The van der Waals surface area contributed by atoms with Gasteiger partial charge in [-0.15, -0.1) is 0 Å². The summed E-state index contributed by atoms with van der Waals surface area (Å²) in [5, 5.41) is 3.65. The van der Waals surface area contributed by atoms with Gasteiger partial charge in [-0.3, -0.25) is 0 Å². The number of hydrogen-bond donors (Lipinski definition) is 1. The van der Waals surface area contributed by atoms with E-state index in [1.807, 2.05) is 32.9 Å². The van der Waals surface area contributed by atoms with Crippen molar-refractivity contribution in [2.75, 3.05) is 6.54 Å². The SMILES string of the molecule is CC(C)(C)OC(=O)NCCC(Cc1ccc(Cl)cc1)c1cc[c]([Sn]([CH3])([CH3])[CH3])cc1. The van der Waals surface area contributed by atoms with Crippen LogP contribution in [0.25, 0.3) is 0 Å². The summed E-state index contributed by atoms with van der Waals surface area (Å²) in [6.07, 6.45) is 1.39. The minimum atomic E-state index is -2.07. The van der Waals surface area contributed by atoms with Crippen molar-refractivity contribution < 1.29 is 9.53 Å². The molecular weight excluding hydrogens is 488 g/mol. The Morgan fingerprint density at radius 3 is 2.14 bits per heavy atom. The van der Waals surface area contributed by atoms with Crippen LogP contribution in [0.5, 0.6) is 0 Å². The number of rotatable bonds is 7. The number of hydrogen-bond acceptors (Lipinski definition) is 2. The van der Waals surface area contributed by atoms with Crippen LogP contribution in [-0.4, -0.2) is 36.6 Å². The first-order valence-corrected chi connectivity index (χ1v) is 20.6. The third kappa shape index (κ3) is 8.59. The van der Waals surface area contributed by atoms with Gasteiger partial charge in [-0.05, 0) is 0 Å². The number of nitrogens with one attached hydrogen (secondary N) is 1. The Bertz CT molecular complexity index is 790. The Kier molecular flexibility index (Phi) is 8.47. The molecule has 2 rings (SSSR count). The Labute approximate surface area is 185 Å². The van der Waals surface area contributed by atoms with Crippen molar-refractivity contribution in [3.05, 3.63) is 64.7 Å². The summed E-state index contributed by atoms with van der Waals surface area (Å²) in [5.74, 6) is 0.315. The average molecular weight is 523 g/mol. The molecular formula is C24H34ClNO2Sn. The molecule has 0 bridgehead atoms. The van der Waals surface area contributed by atoms with E-state index in [1.165, 1.54) is 14.7 Å². The molecule has 1 amide bonds. The van der Waals surface area contributed by atoms with Crippen molar-refractivity contribution in [1.29, 1.82) is 0 Å². The summed E-state index contributed by atoms with van der Waals surface area (Å²) in [7, 11) is 0. The quantitative estimate of drug-likeness (QED) is 0.445. The minimum absolute atomic E-state index is 0.315. The molecule has 2 aromatic carbocycles. The van der Waals surface area contributed by atoms with Crippen LogP contribution in [0.4, 0.5) is 4.79 Å². The zero-order chi connectivity index (χ0) is 21.7. The van der Waals surface area contributed by atoms with Gasteiger partial charge in [-0.1, -0.05) is 0 Å². The third-order valence-corrected chi connectivity index (χ3v) is 11.0. The Balaban J connectivity index is 2.10. The van der Waals surface area contributed by atoms with Crippen LogP contribution in [0, 0.1) is 0 Å². The summed E-state index contributed by atoms with van der Waals surface area (Å²) in [6.45, 7) is 6.19. The first-order chi connectivity index (χ1) is 13.4. The number of benzene rings is 2. The van der Waals surface area contributed by atoms with E-state index in [0.29, 0.717) is 12.5 Å². The maximum atomic E-state index is 12.0. The van der Waals surface area contributed by atoms with Gasteiger partial charge in [-0.2, -0.15) is 0 Å². The van der Waals surface area contributed by atoms with Gasteiger partial charge in [0, 0.05) is 0 Å². The zero-order valence-corrected chi connectivity index (χ0v) is 22.1. The predicted molar refractivity (Wildman–Crippen MR) is 126 cm³/mol. The van der Waals surface area contributed by atoms with Crippen molar-refractivity contribution in [1.82, 2.24) is 5.32 Å². The van der Waals surface area contributed by atoms with Gasteiger partial charge in [-0.25, -0.2) is 0 Å². The first kappa shape index (κ1) is 24.1. The monoisotopic (exact) mass is 523 g/mol. The second-order valence-corrected chi connectivity index (χ2v) is 24.5. The molecule has 0 spiro atoms. The molecule has 0 radical (unpaired) electrons. The van der Waals surface area contributed by atoms with Crippen molar-refractivity contribution >= 4 is 39.7 Å². The Hall–Kier alpha value is -1.20. The molecule has 0 aliphatic heterocycles.